The third-order valence-electron chi connectivity index (χ3n) is 2.99. The van der Waals surface area contributed by atoms with E-state index in [1.807, 2.05) is 11.7 Å². The minimum atomic E-state index is 0.0337. The fraction of sp³-hybridized carbons (Fsp3) is 0.462. The molecule has 0 saturated carbocycles. The van der Waals surface area contributed by atoms with E-state index in [4.69, 9.17) is 0 Å². The van der Waals surface area contributed by atoms with Crippen LogP contribution in [0.2, 0.25) is 0 Å². The van der Waals surface area contributed by atoms with Crippen LogP contribution in [0, 0.1) is 0 Å². The van der Waals surface area contributed by atoms with Crippen molar-refractivity contribution < 1.29 is 0 Å². The van der Waals surface area contributed by atoms with Crippen molar-refractivity contribution >= 4 is 0 Å². The van der Waals surface area contributed by atoms with Gasteiger partial charge in [0, 0.05) is 18.9 Å². The zero-order chi connectivity index (χ0) is 13.0. The Morgan fingerprint density at radius 2 is 2.17 bits per heavy atom. The summed E-state index contributed by atoms with van der Waals surface area (Å²) in [5, 5.41) is 7.85. The van der Waals surface area contributed by atoms with E-state index in [0.717, 1.165) is 30.0 Å². The molecule has 0 aliphatic carbocycles. The van der Waals surface area contributed by atoms with E-state index >= 15 is 0 Å². The number of hydrogen-bond donors (Lipinski definition) is 1. The van der Waals surface area contributed by atoms with E-state index in [0.29, 0.717) is 0 Å². The third kappa shape index (κ3) is 2.41. The molecule has 0 aliphatic rings. The number of hydrogen-bond acceptors (Lipinski definition) is 4. The molecule has 2 heterocycles. The summed E-state index contributed by atoms with van der Waals surface area (Å²) in [6, 6.07) is 2.17. The average molecular weight is 245 g/mol. The molecule has 0 spiro atoms. The summed E-state index contributed by atoms with van der Waals surface area (Å²) < 4.78 is 2.02. The highest BCUT2D eigenvalue weighted by atomic mass is 15.3. The Balaban J connectivity index is 2.41. The van der Waals surface area contributed by atoms with Crippen LogP contribution in [0.1, 0.15) is 37.0 Å². The first-order chi connectivity index (χ1) is 8.80. The van der Waals surface area contributed by atoms with Crippen LogP contribution in [-0.2, 0) is 13.0 Å². The molecule has 1 N–H and O–H groups in total. The van der Waals surface area contributed by atoms with E-state index in [-0.39, 0.29) is 6.04 Å². The molecule has 0 saturated heterocycles. The molecule has 5 nitrogen and oxygen atoms in total. The predicted molar refractivity (Wildman–Crippen MR) is 70.2 cm³/mol. The van der Waals surface area contributed by atoms with Crippen LogP contribution in [0.4, 0.5) is 0 Å². The molecule has 0 aromatic carbocycles. The van der Waals surface area contributed by atoms with Crippen molar-refractivity contribution in [3.05, 3.63) is 41.7 Å². The molecule has 2 aromatic rings. The van der Waals surface area contributed by atoms with E-state index in [1.165, 1.54) is 0 Å². The van der Waals surface area contributed by atoms with Gasteiger partial charge in [0.1, 0.15) is 0 Å². The lowest BCUT2D eigenvalue weighted by atomic mass is 10.1. The van der Waals surface area contributed by atoms with Crippen LogP contribution < -0.4 is 5.32 Å². The number of aromatic nitrogens is 4. The van der Waals surface area contributed by atoms with Crippen LogP contribution in [0.3, 0.4) is 0 Å². The van der Waals surface area contributed by atoms with E-state index in [2.05, 4.69) is 40.3 Å². The lowest BCUT2D eigenvalue weighted by Gasteiger charge is -2.16. The molecule has 18 heavy (non-hydrogen) atoms. The molecule has 1 atom stereocenters. The largest absolute Gasteiger partial charge is 0.307 e. The molecule has 2 aromatic heterocycles. The highest BCUT2D eigenvalue weighted by Crippen LogP contribution is 2.20. The Labute approximate surface area is 107 Å². The van der Waals surface area contributed by atoms with E-state index < -0.39 is 0 Å². The summed E-state index contributed by atoms with van der Waals surface area (Å²) in [7, 11) is 1.93. The Bertz CT molecular complexity index is 491. The summed E-state index contributed by atoms with van der Waals surface area (Å²) in [6.07, 6.45) is 6.13. The molecule has 5 heteroatoms. The lowest BCUT2D eigenvalue weighted by Crippen LogP contribution is -2.22. The van der Waals surface area contributed by atoms with Crippen LogP contribution in [-0.4, -0.2) is 26.8 Å². The van der Waals surface area contributed by atoms with Crippen molar-refractivity contribution in [3.8, 4) is 0 Å². The fourth-order valence-electron chi connectivity index (χ4n) is 2.05. The summed E-state index contributed by atoms with van der Waals surface area (Å²) in [6.45, 7) is 5.07. The molecule has 0 amide bonds. The highest BCUT2D eigenvalue weighted by Gasteiger charge is 2.19. The van der Waals surface area contributed by atoms with Crippen molar-refractivity contribution in [2.45, 2.75) is 32.9 Å². The second-order valence-electron chi connectivity index (χ2n) is 4.08. The van der Waals surface area contributed by atoms with Gasteiger partial charge in [-0.15, -0.1) is 0 Å². The van der Waals surface area contributed by atoms with Gasteiger partial charge in [-0.3, -0.25) is 14.6 Å². The van der Waals surface area contributed by atoms with Crippen molar-refractivity contribution in [2.75, 3.05) is 7.05 Å². The Hall–Kier alpha value is -1.75. The maximum absolute atomic E-state index is 4.57. The van der Waals surface area contributed by atoms with Gasteiger partial charge in [-0.1, -0.05) is 6.92 Å². The molecular formula is C13H19N5. The summed E-state index contributed by atoms with van der Waals surface area (Å²) in [4.78, 5) is 8.50. The maximum atomic E-state index is 4.57. The van der Waals surface area contributed by atoms with Gasteiger partial charge in [-0.05, 0) is 26.5 Å². The van der Waals surface area contributed by atoms with Gasteiger partial charge in [-0.2, -0.15) is 5.10 Å². The van der Waals surface area contributed by atoms with Gasteiger partial charge in [0.2, 0.25) is 0 Å². The topological polar surface area (TPSA) is 55.6 Å². The van der Waals surface area contributed by atoms with Gasteiger partial charge in [0.25, 0.3) is 0 Å². The molecular weight excluding hydrogens is 226 g/mol. The third-order valence-corrected chi connectivity index (χ3v) is 2.99. The second kappa shape index (κ2) is 5.73. The van der Waals surface area contributed by atoms with Crippen LogP contribution in [0.25, 0.3) is 0 Å². The summed E-state index contributed by atoms with van der Waals surface area (Å²) in [5.74, 6) is 0. The molecule has 1 unspecified atom stereocenters. The van der Waals surface area contributed by atoms with Gasteiger partial charge < -0.3 is 5.32 Å². The standard InChI is InChI=1S/C13H19N5/c1-4-10-8-12(18(5-2)17-10)13(14-3)11-9-15-6-7-16-11/h6-9,13-14H,4-5H2,1-3H3. The number of aryl methyl sites for hydroxylation is 2. The first-order valence-corrected chi connectivity index (χ1v) is 6.29. The first kappa shape index (κ1) is 12.7. The van der Waals surface area contributed by atoms with E-state index in [9.17, 15) is 0 Å². The number of nitrogens with one attached hydrogen (secondary N) is 1. The molecule has 0 radical (unpaired) electrons. The fourth-order valence-corrected chi connectivity index (χ4v) is 2.05. The van der Waals surface area contributed by atoms with Gasteiger partial charge in [-0.25, -0.2) is 0 Å². The SMILES string of the molecule is CCc1cc(C(NC)c2cnccn2)n(CC)n1. The van der Waals surface area contributed by atoms with E-state index in [1.54, 1.807) is 18.6 Å². The van der Waals surface area contributed by atoms with Crippen molar-refractivity contribution in [2.24, 2.45) is 0 Å². The average Bonchev–Trinajstić information content (AvgIpc) is 2.84. The first-order valence-electron chi connectivity index (χ1n) is 6.29. The van der Waals surface area contributed by atoms with Gasteiger partial charge in [0.15, 0.2) is 0 Å². The smallest absolute Gasteiger partial charge is 0.0935 e. The van der Waals surface area contributed by atoms with Gasteiger partial charge >= 0.3 is 0 Å². The predicted octanol–water partition coefficient (Wildman–Crippen LogP) is 1.56. The molecule has 96 valence electrons. The molecule has 0 bridgehead atoms. The number of rotatable bonds is 5. The summed E-state index contributed by atoms with van der Waals surface area (Å²) in [5.41, 5.74) is 3.16. The molecule has 2 rings (SSSR count). The monoisotopic (exact) mass is 245 g/mol. The second-order valence-corrected chi connectivity index (χ2v) is 4.08. The van der Waals surface area contributed by atoms with Crippen LogP contribution in [0.15, 0.2) is 24.7 Å². The Morgan fingerprint density at radius 3 is 2.72 bits per heavy atom. The van der Waals surface area contributed by atoms with Gasteiger partial charge in [0.05, 0.1) is 29.3 Å². The Morgan fingerprint density at radius 1 is 1.33 bits per heavy atom. The minimum Gasteiger partial charge on any atom is -0.307 e. The normalized spacial score (nSPS) is 12.6. The summed E-state index contributed by atoms with van der Waals surface area (Å²) >= 11 is 0. The molecule has 0 aliphatic heterocycles. The van der Waals surface area contributed by atoms with Crippen molar-refractivity contribution in [3.63, 3.8) is 0 Å². The van der Waals surface area contributed by atoms with Crippen molar-refractivity contribution in [1.82, 2.24) is 25.1 Å². The van der Waals surface area contributed by atoms with Crippen LogP contribution >= 0.6 is 0 Å². The quantitative estimate of drug-likeness (QED) is 0.868. The van der Waals surface area contributed by atoms with Crippen molar-refractivity contribution in [1.29, 1.82) is 0 Å². The number of nitrogens with zero attached hydrogens (tertiary/aromatic N) is 4. The zero-order valence-electron chi connectivity index (χ0n) is 11.1. The highest BCUT2D eigenvalue weighted by molar-refractivity contribution is 5.22. The zero-order valence-corrected chi connectivity index (χ0v) is 11.1. The maximum Gasteiger partial charge on any atom is 0.0935 e. The lowest BCUT2D eigenvalue weighted by molar-refractivity contribution is 0.552. The van der Waals surface area contributed by atoms with Crippen LogP contribution in [0.5, 0.6) is 0 Å². The minimum absolute atomic E-state index is 0.0337. The molecule has 0 fully saturated rings. The Kier molecular flexibility index (Phi) is 4.04.